The third-order valence-electron chi connectivity index (χ3n) is 4.52. The highest BCUT2D eigenvalue weighted by Gasteiger charge is 2.12. The molecule has 3 aromatic heterocycles. The molecule has 0 aliphatic heterocycles. The van der Waals surface area contributed by atoms with Crippen molar-refractivity contribution in [2.45, 2.75) is 6.92 Å². The monoisotopic (exact) mass is 419 g/mol. The maximum absolute atomic E-state index is 12.7. The summed E-state index contributed by atoms with van der Waals surface area (Å²) >= 11 is 7.22. The van der Waals surface area contributed by atoms with Gasteiger partial charge in [0.05, 0.1) is 0 Å². The van der Waals surface area contributed by atoms with Crippen LogP contribution in [0.15, 0.2) is 69.9 Å². The normalized spacial score (nSPS) is 12.1. The van der Waals surface area contributed by atoms with Gasteiger partial charge in [0.2, 0.25) is 4.96 Å². The smallest absolute Gasteiger partial charge is 0.291 e. The summed E-state index contributed by atoms with van der Waals surface area (Å²) in [4.78, 5) is 17.8. The van der Waals surface area contributed by atoms with Gasteiger partial charge in [-0.3, -0.25) is 4.79 Å². The molecular formula is C22H14ClN3O2S. The standard InChI is InChI=1S/C22H14ClN3O2S/c1-13-2-4-15(5-3-13)20-24-22-26(25-20)21(27)19(29-22)12-17-10-11-18(28-17)14-6-8-16(23)9-7-14/h2-12H,1H3/b19-12-. The Balaban J connectivity index is 1.51. The van der Waals surface area contributed by atoms with Crippen LogP contribution in [0.5, 0.6) is 0 Å². The Morgan fingerprint density at radius 3 is 2.45 bits per heavy atom. The molecular weight excluding hydrogens is 406 g/mol. The van der Waals surface area contributed by atoms with Crippen LogP contribution in [0.2, 0.25) is 5.02 Å². The topological polar surface area (TPSA) is 60.4 Å². The maximum Gasteiger partial charge on any atom is 0.291 e. The minimum Gasteiger partial charge on any atom is -0.457 e. The van der Waals surface area contributed by atoms with E-state index in [2.05, 4.69) is 10.1 Å². The van der Waals surface area contributed by atoms with Crippen molar-refractivity contribution in [2.75, 3.05) is 0 Å². The van der Waals surface area contributed by atoms with Gasteiger partial charge in [-0.25, -0.2) is 0 Å². The summed E-state index contributed by atoms with van der Waals surface area (Å²) in [7, 11) is 0. The average Bonchev–Trinajstić information content (AvgIpc) is 3.41. The van der Waals surface area contributed by atoms with Crippen molar-refractivity contribution in [1.29, 1.82) is 0 Å². The second-order valence-corrected chi connectivity index (χ2v) is 8.07. The van der Waals surface area contributed by atoms with Crippen molar-refractivity contribution < 1.29 is 4.42 Å². The van der Waals surface area contributed by atoms with Gasteiger partial charge in [-0.1, -0.05) is 52.8 Å². The zero-order valence-electron chi connectivity index (χ0n) is 15.3. The zero-order chi connectivity index (χ0) is 20.0. The van der Waals surface area contributed by atoms with Crippen LogP contribution in [0.1, 0.15) is 11.3 Å². The number of benzene rings is 2. The van der Waals surface area contributed by atoms with Crippen molar-refractivity contribution >= 4 is 34.0 Å². The maximum atomic E-state index is 12.7. The van der Waals surface area contributed by atoms with E-state index in [-0.39, 0.29) is 5.56 Å². The highest BCUT2D eigenvalue weighted by Crippen LogP contribution is 2.24. The number of rotatable bonds is 3. The third kappa shape index (κ3) is 3.37. The Hall–Kier alpha value is -3.22. The van der Waals surface area contributed by atoms with Gasteiger partial charge in [0.15, 0.2) is 5.82 Å². The molecule has 0 N–H and O–H groups in total. The number of furan rings is 1. The lowest BCUT2D eigenvalue weighted by Gasteiger charge is -1.96. The molecule has 0 bridgehead atoms. The first-order chi connectivity index (χ1) is 14.1. The summed E-state index contributed by atoms with van der Waals surface area (Å²) in [6.07, 6.45) is 1.72. The Bertz CT molecular complexity index is 1430. The molecule has 0 saturated heterocycles. The number of aromatic nitrogens is 3. The summed E-state index contributed by atoms with van der Waals surface area (Å²) < 4.78 is 7.73. The Morgan fingerprint density at radius 1 is 1.00 bits per heavy atom. The van der Waals surface area contributed by atoms with E-state index in [1.165, 1.54) is 15.9 Å². The van der Waals surface area contributed by atoms with E-state index in [0.717, 1.165) is 16.7 Å². The average molecular weight is 420 g/mol. The van der Waals surface area contributed by atoms with Gasteiger partial charge in [0.1, 0.15) is 16.1 Å². The summed E-state index contributed by atoms with van der Waals surface area (Å²) in [5.41, 5.74) is 2.75. The number of hydrogen-bond donors (Lipinski definition) is 0. The second kappa shape index (κ2) is 6.99. The SMILES string of the molecule is Cc1ccc(-c2nc3s/c(=C\c4ccc(-c5ccc(Cl)cc5)o4)c(=O)n3n2)cc1. The number of nitrogens with zero attached hydrogens (tertiary/aromatic N) is 3. The Labute approximate surface area is 174 Å². The molecule has 0 unspecified atom stereocenters. The van der Waals surface area contributed by atoms with Gasteiger partial charge < -0.3 is 4.42 Å². The quantitative estimate of drug-likeness (QED) is 0.429. The van der Waals surface area contributed by atoms with Crippen LogP contribution < -0.4 is 10.1 Å². The van der Waals surface area contributed by atoms with Crippen LogP contribution >= 0.6 is 22.9 Å². The molecule has 5 rings (SSSR count). The fourth-order valence-corrected chi connectivity index (χ4v) is 4.00. The molecule has 0 fully saturated rings. The van der Waals surface area contributed by atoms with Gasteiger partial charge in [0, 0.05) is 22.2 Å². The van der Waals surface area contributed by atoms with Crippen LogP contribution in [0.3, 0.4) is 0 Å². The largest absolute Gasteiger partial charge is 0.457 e. The summed E-state index contributed by atoms with van der Waals surface area (Å²) in [6, 6.07) is 19.0. The number of fused-ring (bicyclic) bond motifs is 1. The van der Waals surface area contributed by atoms with Gasteiger partial charge >= 0.3 is 0 Å². The van der Waals surface area contributed by atoms with Gasteiger partial charge in [-0.15, -0.1) is 5.10 Å². The van der Waals surface area contributed by atoms with Crippen LogP contribution in [0.4, 0.5) is 0 Å². The lowest BCUT2D eigenvalue weighted by Crippen LogP contribution is -2.23. The van der Waals surface area contributed by atoms with E-state index in [4.69, 9.17) is 16.0 Å². The van der Waals surface area contributed by atoms with Crippen molar-refractivity contribution in [3.8, 4) is 22.7 Å². The van der Waals surface area contributed by atoms with E-state index in [1.54, 1.807) is 6.08 Å². The minimum absolute atomic E-state index is 0.208. The lowest BCUT2D eigenvalue weighted by molar-refractivity contribution is 0.571. The molecule has 0 aliphatic carbocycles. The Morgan fingerprint density at radius 2 is 1.72 bits per heavy atom. The molecule has 142 valence electrons. The molecule has 0 amide bonds. The van der Waals surface area contributed by atoms with Crippen LogP contribution in [-0.4, -0.2) is 14.6 Å². The van der Waals surface area contributed by atoms with E-state index < -0.39 is 0 Å². The second-order valence-electron chi connectivity index (χ2n) is 6.62. The lowest BCUT2D eigenvalue weighted by atomic mass is 10.1. The predicted octanol–water partition coefficient (Wildman–Crippen LogP) is 4.59. The molecule has 2 aromatic carbocycles. The van der Waals surface area contributed by atoms with Gasteiger partial charge in [0.25, 0.3) is 5.56 Å². The minimum atomic E-state index is -0.208. The van der Waals surface area contributed by atoms with Crippen LogP contribution in [-0.2, 0) is 0 Å². The molecule has 29 heavy (non-hydrogen) atoms. The first-order valence-electron chi connectivity index (χ1n) is 8.91. The highest BCUT2D eigenvalue weighted by molar-refractivity contribution is 7.15. The first kappa shape index (κ1) is 17.8. The fourth-order valence-electron chi connectivity index (χ4n) is 2.99. The number of halogens is 1. The molecule has 7 heteroatoms. The van der Waals surface area contributed by atoms with Crippen molar-refractivity contribution in [3.63, 3.8) is 0 Å². The van der Waals surface area contributed by atoms with Gasteiger partial charge in [-0.2, -0.15) is 9.50 Å². The molecule has 0 atom stereocenters. The van der Waals surface area contributed by atoms with Crippen molar-refractivity contribution in [2.24, 2.45) is 0 Å². The Kier molecular flexibility index (Phi) is 4.30. The summed E-state index contributed by atoms with van der Waals surface area (Å²) in [6.45, 7) is 2.02. The summed E-state index contributed by atoms with van der Waals surface area (Å²) in [5.74, 6) is 1.85. The summed E-state index contributed by atoms with van der Waals surface area (Å²) in [5, 5.41) is 5.04. The fraction of sp³-hybridized carbons (Fsp3) is 0.0455. The number of thiazole rings is 1. The molecule has 3 heterocycles. The first-order valence-corrected chi connectivity index (χ1v) is 10.1. The molecule has 0 spiro atoms. The molecule has 5 aromatic rings. The predicted molar refractivity (Wildman–Crippen MR) is 115 cm³/mol. The third-order valence-corrected chi connectivity index (χ3v) is 5.73. The molecule has 0 saturated carbocycles. The van der Waals surface area contributed by atoms with E-state index in [0.29, 0.717) is 31.9 Å². The van der Waals surface area contributed by atoms with E-state index >= 15 is 0 Å². The zero-order valence-corrected chi connectivity index (χ0v) is 16.9. The van der Waals surface area contributed by atoms with E-state index in [9.17, 15) is 4.79 Å². The number of hydrogen-bond acceptors (Lipinski definition) is 5. The van der Waals surface area contributed by atoms with Crippen LogP contribution in [0.25, 0.3) is 33.7 Å². The van der Waals surface area contributed by atoms with Crippen molar-refractivity contribution in [3.05, 3.63) is 91.9 Å². The molecule has 5 nitrogen and oxygen atoms in total. The van der Waals surface area contributed by atoms with E-state index in [1.807, 2.05) is 67.6 Å². The molecule has 0 radical (unpaired) electrons. The molecule has 0 aliphatic rings. The van der Waals surface area contributed by atoms with Crippen LogP contribution in [0, 0.1) is 6.92 Å². The number of aryl methyl sites for hydroxylation is 1. The van der Waals surface area contributed by atoms with Crippen molar-refractivity contribution in [1.82, 2.24) is 14.6 Å². The highest BCUT2D eigenvalue weighted by atomic mass is 35.5. The van der Waals surface area contributed by atoms with Gasteiger partial charge in [-0.05, 0) is 43.3 Å².